The minimum absolute atomic E-state index is 0.818. The van der Waals surface area contributed by atoms with E-state index in [1.165, 1.54) is 24.2 Å². The molecule has 1 aliphatic rings. The Bertz CT molecular complexity index is 664. The Morgan fingerprint density at radius 3 is 2.48 bits per heavy atom. The number of aromatic nitrogens is 1. The molecule has 0 radical (unpaired) electrons. The number of piperazine rings is 1. The van der Waals surface area contributed by atoms with Crippen molar-refractivity contribution in [2.45, 2.75) is 26.2 Å². The van der Waals surface area contributed by atoms with E-state index in [1.807, 2.05) is 12.3 Å². The molecule has 1 aromatic heterocycles. The molecule has 0 saturated carbocycles. The zero-order valence-corrected chi connectivity index (χ0v) is 15.7. The van der Waals surface area contributed by atoms with Crippen molar-refractivity contribution in [1.82, 2.24) is 4.90 Å². The first kappa shape index (κ1) is 17.7. The van der Waals surface area contributed by atoms with Crippen molar-refractivity contribution in [1.29, 1.82) is 0 Å². The summed E-state index contributed by atoms with van der Waals surface area (Å²) in [6.07, 6.45) is 5.60. The Balaban J connectivity index is 1.49. The molecule has 0 unspecified atom stereocenters. The van der Waals surface area contributed by atoms with Gasteiger partial charge in [-0.25, -0.2) is 4.98 Å². The highest BCUT2D eigenvalue weighted by molar-refractivity contribution is 7.80. The molecule has 132 valence electrons. The van der Waals surface area contributed by atoms with Crippen molar-refractivity contribution in [2.75, 3.05) is 36.4 Å². The van der Waals surface area contributed by atoms with Gasteiger partial charge in [-0.1, -0.05) is 31.5 Å². The lowest BCUT2D eigenvalue weighted by molar-refractivity contribution is -0.364. The summed E-state index contributed by atoms with van der Waals surface area (Å²) < 4.78 is 0. The number of aromatic amines is 1. The highest BCUT2D eigenvalue weighted by atomic mass is 32.1. The molecular weight excluding hydrogens is 328 g/mol. The highest BCUT2D eigenvalue weighted by Crippen LogP contribution is 2.14. The van der Waals surface area contributed by atoms with E-state index in [0.29, 0.717) is 0 Å². The summed E-state index contributed by atoms with van der Waals surface area (Å²) in [4.78, 5) is 7.91. The molecular formula is C20H27N4S+. The maximum absolute atomic E-state index is 5.60. The quantitative estimate of drug-likeness (QED) is 0.834. The fraction of sp³-hybridized carbons (Fsp3) is 0.400. The first-order chi connectivity index (χ1) is 12.3. The Morgan fingerprint density at radius 1 is 1.08 bits per heavy atom. The van der Waals surface area contributed by atoms with E-state index in [9.17, 15) is 0 Å². The Labute approximate surface area is 155 Å². The first-order valence-electron chi connectivity index (χ1n) is 9.13. The van der Waals surface area contributed by atoms with Crippen molar-refractivity contribution in [3.8, 4) is 0 Å². The van der Waals surface area contributed by atoms with Crippen LogP contribution in [0.25, 0.3) is 0 Å². The van der Waals surface area contributed by atoms with Crippen LogP contribution in [0.3, 0.4) is 0 Å². The molecule has 5 heteroatoms. The molecule has 4 nitrogen and oxygen atoms in total. The molecule has 25 heavy (non-hydrogen) atoms. The molecule has 0 amide bonds. The average Bonchev–Trinajstić information content (AvgIpc) is 2.68. The summed E-state index contributed by atoms with van der Waals surface area (Å²) in [5.74, 6) is 1.17. The van der Waals surface area contributed by atoms with Crippen LogP contribution in [0, 0.1) is 0 Å². The minimum Gasteiger partial charge on any atom is -0.341 e. The van der Waals surface area contributed by atoms with Gasteiger partial charge in [0.1, 0.15) is 13.1 Å². The number of pyridine rings is 1. The van der Waals surface area contributed by atoms with Crippen LogP contribution in [0.4, 0.5) is 11.5 Å². The van der Waals surface area contributed by atoms with Gasteiger partial charge in [0.15, 0.2) is 5.11 Å². The van der Waals surface area contributed by atoms with E-state index in [2.05, 4.69) is 63.4 Å². The average molecular weight is 356 g/mol. The van der Waals surface area contributed by atoms with E-state index in [1.54, 1.807) is 0 Å². The number of aryl methyl sites for hydroxylation is 1. The second-order valence-corrected chi connectivity index (χ2v) is 6.84. The number of hydrogen-bond acceptors (Lipinski definition) is 2. The van der Waals surface area contributed by atoms with Crippen molar-refractivity contribution in [3.63, 3.8) is 0 Å². The summed E-state index contributed by atoms with van der Waals surface area (Å²) in [6, 6.07) is 14.8. The number of hydrogen-bond donors (Lipinski definition) is 1. The van der Waals surface area contributed by atoms with Crippen molar-refractivity contribution < 1.29 is 4.98 Å². The van der Waals surface area contributed by atoms with Crippen molar-refractivity contribution >= 4 is 28.8 Å². The molecule has 0 spiro atoms. The normalized spacial score (nSPS) is 14.4. The van der Waals surface area contributed by atoms with E-state index >= 15 is 0 Å². The highest BCUT2D eigenvalue weighted by Gasteiger charge is 2.24. The Morgan fingerprint density at radius 2 is 1.84 bits per heavy atom. The van der Waals surface area contributed by atoms with Crippen molar-refractivity contribution in [3.05, 3.63) is 54.2 Å². The van der Waals surface area contributed by atoms with Crippen LogP contribution in [0.15, 0.2) is 48.7 Å². The Kier molecular flexibility index (Phi) is 6.23. The molecule has 1 aliphatic heterocycles. The molecule has 0 atom stereocenters. The third kappa shape index (κ3) is 4.92. The molecule has 1 aromatic carbocycles. The molecule has 2 heterocycles. The maximum atomic E-state index is 5.60. The van der Waals surface area contributed by atoms with Crippen LogP contribution in [-0.2, 0) is 6.42 Å². The van der Waals surface area contributed by atoms with Gasteiger partial charge in [0.05, 0.1) is 19.3 Å². The number of rotatable bonds is 5. The van der Waals surface area contributed by atoms with Crippen LogP contribution in [0.5, 0.6) is 0 Å². The second-order valence-electron chi connectivity index (χ2n) is 6.45. The van der Waals surface area contributed by atoms with Gasteiger partial charge in [0.2, 0.25) is 0 Å². The zero-order valence-electron chi connectivity index (χ0n) is 14.9. The molecule has 1 saturated heterocycles. The number of benzene rings is 1. The van der Waals surface area contributed by atoms with Gasteiger partial charge < -0.3 is 10.2 Å². The van der Waals surface area contributed by atoms with Crippen LogP contribution >= 0.6 is 12.2 Å². The van der Waals surface area contributed by atoms with Gasteiger partial charge >= 0.3 is 0 Å². The molecule has 2 N–H and O–H groups in total. The third-order valence-electron chi connectivity index (χ3n) is 4.62. The van der Waals surface area contributed by atoms with Gasteiger partial charge in [0, 0.05) is 11.8 Å². The van der Waals surface area contributed by atoms with E-state index in [0.717, 1.165) is 43.4 Å². The summed E-state index contributed by atoms with van der Waals surface area (Å²) in [6.45, 7) is 6.03. The topological polar surface area (TPSA) is 32.6 Å². The molecule has 0 bridgehead atoms. The van der Waals surface area contributed by atoms with E-state index in [4.69, 9.17) is 12.2 Å². The zero-order chi connectivity index (χ0) is 17.5. The summed E-state index contributed by atoms with van der Waals surface area (Å²) in [5, 5.41) is 4.20. The maximum Gasteiger partial charge on any atom is 0.274 e. The Hall–Kier alpha value is -2.14. The van der Waals surface area contributed by atoms with Crippen LogP contribution < -0.4 is 15.2 Å². The SMILES string of the molecule is CCCCc1ccc(NC(=S)N2CCN(c3cccc[nH+]3)CC2)cc1. The molecule has 3 rings (SSSR count). The summed E-state index contributed by atoms with van der Waals surface area (Å²) in [7, 11) is 0. The van der Waals surface area contributed by atoms with Gasteiger partial charge in [-0.15, -0.1) is 0 Å². The fourth-order valence-electron chi connectivity index (χ4n) is 3.07. The lowest BCUT2D eigenvalue weighted by atomic mass is 10.1. The molecule has 1 fully saturated rings. The lowest BCUT2D eigenvalue weighted by Crippen LogP contribution is -2.51. The van der Waals surface area contributed by atoms with Crippen LogP contribution in [0.1, 0.15) is 25.3 Å². The first-order valence-corrected chi connectivity index (χ1v) is 9.53. The third-order valence-corrected chi connectivity index (χ3v) is 4.98. The monoisotopic (exact) mass is 355 g/mol. The largest absolute Gasteiger partial charge is 0.341 e. The number of unbranched alkanes of at least 4 members (excludes halogenated alkanes) is 1. The number of anilines is 2. The second kappa shape index (κ2) is 8.81. The number of nitrogens with zero attached hydrogens (tertiary/aromatic N) is 2. The number of nitrogens with one attached hydrogen (secondary N) is 2. The van der Waals surface area contributed by atoms with Gasteiger partial charge in [0.25, 0.3) is 5.82 Å². The fourth-order valence-corrected chi connectivity index (χ4v) is 3.37. The predicted octanol–water partition coefficient (Wildman–Crippen LogP) is 3.36. The van der Waals surface area contributed by atoms with E-state index < -0.39 is 0 Å². The number of thiocarbonyl (C=S) groups is 1. The van der Waals surface area contributed by atoms with Gasteiger partial charge in [-0.2, -0.15) is 0 Å². The molecule has 0 aliphatic carbocycles. The molecule has 2 aromatic rings. The van der Waals surface area contributed by atoms with Crippen LogP contribution in [-0.4, -0.2) is 36.2 Å². The van der Waals surface area contributed by atoms with Crippen molar-refractivity contribution in [2.24, 2.45) is 0 Å². The predicted molar refractivity (Wildman–Crippen MR) is 108 cm³/mol. The minimum atomic E-state index is 0.818. The van der Waals surface area contributed by atoms with E-state index in [-0.39, 0.29) is 0 Å². The summed E-state index contributed by atoms with van der Waals surface area (Å²) >= 11 is 5.60. The smallest absolute Gasteiger partial charge is 0.274 e. The standard InChI is InChI=1S/C20H26N4S/c1-2-3-6-17-8-10-18(11-9-17)22-20(25)24-15-13-23(14-16-24)19-7-4-5-12-21-19/h4-5,7-12H,2-3,6,13-16H2,1H3,(H,22,25)/p+1. The van der Waals surface area contributed by atoms with Crippen LogP contribution in [0.2, 0.25) is 0 Å². The van der Waals surface area contributed by atoms with Gasteiger partial charge in [-0.3, -0.25) is 4.90 Å². The van der Waals surface area contributed by atoms with Gasteiger partial charge in [-0.05, 0) is 48.8 Å². The lowest BCUT2D eigenvalue weighted by Gasteiger charge is -2.32. The number of H-pyrrole nitrogens is 1. The summed E-state index contributed by atoms with van der Waals surface area (Å²) in [5.41, 5.74) is 2.47.